The Morgan fingerprint density at radius 2 is 1.91 bits per heavy atom. The van der Waals surface area contributed by atoms with Crippen molar-refractivity contribution in [3.05, 3.63) is 0 Å². The summed E-state index contributed by atoms with van der Waals surface area (Å²) >= 11 is 0. The number of rotatable bonds is 7. The van der Waals surface area contributed by atoms with E-state index in [9.17, 15) is 0 Å². The standard InChI is InChI=1S/C8H20N2O/c1-10(7-8-11)6-4-2-3-5-9/h11H,2-9H2,1H3. The quantitative estimate of drug-likeness (QED) is 0.517. The van der Waals surface area contributed by atoms with E-state index in [1.807, 2.05) is 7.05 Å². The van der Waals surface area contributed by atoms with Gasteiger partial charge < -0.3 is 15.7 Å². The molecule has 68 valence electrons. The highest BCUT2D eigenvalue weighted by Gasteiger charge is 1.95. The van der Waals surface area contributed by atoms with E-state index in [0.717, 1.165) is 26.1 Å². The van der Waals surface area contributed by atoms with Crippen LogP contribution in [0.2, 0.25) is 0 Å². The van der Waals surface area contributed by atoms with E-state index in [4.69, 9.17) is 10.8 Å². The molecule has 3 heteroatoms. The molecule has 0 saturated carbocycles. The van der Waals surface area contributed by atoms with Gasteiger partial charge in [-0.2, -0.15) is 0 Å². The Labute approximate surface area is 69.2 Å². The van der Waals surface area contributed by atoms with Gasteiger partial charge in [0, 0.05) is 6.54 Å². The fraction of sp³-hybridized carbons (Fsp3) is 1.00. The van der Waals surface area contributed by atoms with E-state index in [2.05, 4.69) is 4.90 Å². The van der Waals surface area contributed by atoms with Gasteiger partial charge in [0.2, 0.25) is 0 Å². The summed E-state index contributed by atoms with van der Waals surface area (Å²) in [7, 11) is 2.03. The van der Waals surface area contributed by atoms with Crippen molar-refractivity contribution in [1.82, 2.24) is 4.90 Å². The zero-order valence-corrected chi connectivity index (χ0v) is 7.42. The van der Waals surface area contributed by atoms with Crippen LogP contribution in [0.15, 0.2) is 0 Å². The molecule has 0 bridgehead atoms. The van der Waals surface area contributed by atoms with E-state index in [-0.39, 0.29) is 6.61 Å². The van der Waals surface area contributed by atoms with Gasteiger partial charge in [-0.15, -0.1) is 0 Å². The third-order valence-electron chi connectivity index (χ3n) is 1.73. The molecule has 0 saturated heterocycles. The van der Waals surface area contributed by atoms with Crippen LogP contribution in [0.4, 0.5) is 0 Å². The number of nitrogens with two attached hydrogens (primary N) is 1. The maximum Gasteiger partial charge on any atom is 0.0558 e. The smallest absolute Gasteiger partial charge is 0.0558 e. The van der Waals surface area contributed by atoms with Crippen molar-refractivity contribution in [3.63, 3.8) is 0 Å². The normalized spacial score (nSPS) is 10.9. The van der Waals surface area contributed by atoms with E-state index < -0.39 is 0 Å². The Kier molecular flexibility index (Phi) is 7.89. The molecule has 0 spiro atoms. The van der Waals surface area contributed by atoms with Crippen molar-refractivity contribution < 1.29 is 5.11 Å². The van der Waals surface area contributed by atoms with Crippen LogP contribution >= 0.6 is 0 Å². The molecule has 0 aromatic rings. The van der Waals surface area contributed by atoms with E-state index >= 15 is 0 Å². The lowest BCUT2D eigenvalue weighted by molar-refractivity contribution is 0.219. The highest BCUT2D eigenvalue weighted by Crippen LogP contribution is 1.95. The second kappa shape index (κ2) is 7.98. The monoisotopic (exact) mass is 160 g/mol. The molecule has 11 heavy (non-hydrogen) atoms. The Morgan fingerprint density at radius 3 is 2.45 bits per heavy atom. The van der Waals surface area contributed by atoms with Crippen LogP contribution in [0.1, 0.15) is 19.3 Å². The van der Waals surface area contributed by atoms with Crippen LogP contribution in [-0.4, -0.2) is 43.3 Å². The average molecular weight is 160 g/mol. The molecule has 0 aromatic heterocycles. The molecule has 0 unspecified atom stereocenters. The maximum atomic E-state index is 8.58. The Hall–Kier alpha value is -0.120. The number of hydrogen-bond acceptors (Lipinski definition) is 3. The molecule has 0 aromatic carbocycles. The number of hydrogen-bond donors (Lipinski definition) is 2. The number of unbranched alkanes of at least 4 members (excludes halogenated alkanes) is 2. The summed E-state index contributed by atoms with van der Waals surface area (Å²) in [5, 5.41) is 8.58. The summed E-state index contributed by atoms with van der Waals surface area (Å²) < 4.78 is 0. The molecule has 0 amide bonds. The van der Waals surface area contributed by atoms with E-state index in [0.29, 0.717) is 0 Å². The van der Waals surface area contributed by atoms with Crippen molar-refractivity contribution >= 4 is 0 Å². The summed E-state index contributed by atoms with van der Waals surface area (Å²) in [5.74, 6) is 0. The lowest BCUT2D eigenvalue weighted by Gasteiger charge is -2.13. The molecule has 0 rings (SSSR count). The van der Waals surface area contributed by atoms with Crippen molar-refractivity contribution in [1.29, 1.82) is 0 Å². The largest absolute Gasteiger partial charge is 0.395 e. The van der Waals surface area contributed by atoms with Crippen LogP contribution in [0.3, 0.4) is 0 Å². The zero-order chi connectivity index (χ0) is 8.53. The molecule has 0 aliphatic rings. The van der Waals surface area contributed by atoms with Gasteiger partial charge in [0.1, 0.15) is 0 Å². The zero-order valence-electron chi connectivity index (χ0n) is 7.42. The first-order chi connectivity index (χ1) is 5.31. The molecule has 0 atom stereocenters. The molecule has 0 radical (unpaired) electrons. The predicted molar refractivity (Wildman–Crippen MR) is 47.5 cm³/mol. The minimum absolute atomic E-state index is 0.257. The summed E-state index contributed by atoms with van der Waals surface area (Å²) in [4.78, 5) is 2.14. The first-order valence-electron chi connectivity index (χ1n) is 4.30. The van der Waals surface area contributed by atoms with Crippen LogP contribution in [0.25, 0.3) is 0 Å². The summed E-state index contributed by atoms with van der Waals surface area (Å²) in [6.07, 6.45) is 3.51. The average Bonchev–Trinajstić information content (AvgIpc) is 1.99. The Morgan fingerprint density at radius 1 is 1.18 bits per heavy atom. The number of aliphatic hydroxyl groups excluding tert-OH is 1. The topological polar surface area (TPSA) is 49.5 Å². The van der Waals surface area contributed by atoms with Crippen LogP contribution in [-0.2, 0) is 0 Å². The fourth-order valence-electron chi connectivity index (χ4n) is 0.985. The van der Waals surface area contributed by atoms with E-state index in [1.54, 1.807) is 0 Å². The maximum absolute atomic E-state index is 8.58. The van der Waals surface area contributed by atoms with Gasteiger partial charge in [-0.25, -0.2) is 0 Å². The van der Waals surface area contributed by atoms with Gasteiger partial charge in [-0.3, -0.25) is 0 Å². The minimum Gasteiger partial charge on any atom is -0.395 e. The molecule has 0 aliphatic carbocycles. The fourth-order valence-corrected chi connectivity index (χ4v) is 0.985. The van der Waals surface area contributed by atoms with Crippen molar-refractivity contribution in [2.45, 2.75) is 19.3 Å². The lowest BCUT2D eigenvalue weighted by atomic mass is 10.2. The third kappa shape index (κ3) is 7.78. The van der Waals surface area contributed by atoms with Gasteiger partial charge in [0.25, 0.3) is 0 Å². The van der Waals surface area contributed by atoms with Gasteiger partial charge >= 0.3 is 0 Å². The number of aliphatic hydroxyl groups is 1. The summed E-state index contributed by atoms with van der Waals surface area (Å²) in [6.45, 7) is 2.90. The minimum atomic E-state index is 0.257. The predicted octanol–water partition coefficient (Wildman–Crippen LogP) is 0.0395. The molecule has 0 fully saturated rings. The van der Waals surface area contributed by atoms with Crippen LogP contribution < -0.4 is 5.73 Å². The van der Waals surface area contributed by atoms with Gasteiger partial charge in [-0.05, 0) is 33.0 Å². The first-order valence-corrected chi connectivity index (χ1v) is 4.30. The highest BCUT2D eigenvalue weighted by molar-refractivity contribution is 4.50. The molecule has 3 N–H and O–H groups in total. The second-order valence-electron chi connectivity index (χ2n) is 2.88. The van der Waals surface area contributed by atoms with Crippen LogP contribution in [0, 0.1) is 0 Å². The van der Waals surface area contributed by atoms with Crippen LogP contribution in [0.5, 0.6) is 0 Å². The Bertz CT molecular complexity index is 78.5. The van der Waals surface area contributed by atoms with Crippen molar-refractivity contribution in [2.75, 3.05) is 33.3 Å². The lowest BCUT2D eigenvalue weighted by Crippen LogP contribution is -2.23. The van der Waals surface area contributed by atoms with E-state index in [1.165, 1.54) is 12.8 Å². The number of likely N-dealkylation sites (N-methyl/N-ethyl adjacent to an activating group) is 1. The number of nitrogens with zero attached hydrogens (tertiary/aromatic N) is 1. The SMILES string of the molecule is CN(CCO)CCCCCN. The first kappa shape index (κ1) is 10.9. The highest BCUT2D eigenvalue weighted by atomic mass is 16.3. The second-order valence-corrected chi connectivity index (χ2v) is 2.88. The molecular weight excluding hydrogens is 140 g/mol. The molecule has 3 nitrogen and oxygen atoms in total. The van der Waals surface area contributed by atoms with Gasteiger partial charge in [-0.1, -0.05) is 6.42 Å². The summed E-state index contributed by atoms with van der Waals surface area (Å²) in [6, 6.07) is 0. The Balaban J connectivity index is 2.97. The molecule has 0 heterocycles. The third-order valence-corrected chi connectivity index (χ3v) is 1.73. The summed E-state index contributed by atoms with van der Waals surface area (Å²) in [5.41, 5.74) is 5.35. The van der Waals surface area contributed by atoms with Gasteiger partial charge in [0.15, 0.2) is 0 Å². The van der Waals surface area contributed by atoms with Crippen molar-refractivity contribution in [3.8, 4) is 0 Å². The molecule has 0 aliphatic heterocycles. The molecular formula is C8H20N2O. The van der Waals surface area contributed by atoms with Gasteiger partial charge in [0.05, 0.1) is 6.61 Å². The van der Waals surface area contributed by atoms with Crippen molar-refractivity contribution in [2.24, 2.45) is 5.73 Å².